The molecule has 4 heteroatoms. The first-order valence-corrected chi connectivity index (χ1v) is 6.81. The largest absolute Gasteiger partial charge is 0.396 e. The van der Waals surface area contributed by atoms with Crippen LogP contribution in [0.15, 0.2) is 0 Å². The summed E-state index contributed by atoms with van der Waals surface area (Å²) in [6.45, 7) is 6.29. The molecule has 0 saturated heterocycles. The number of hydrogen-bond acceptors (Lipinski definition) is 4. The molecule has 4 nitrogen and oxygen atoms in total. The molecule has 0 radical (unpaired) electrons. The lowest BCUT2D eigenvalue weighted by atomic mass is 10.00. The number of aromatic nitrogens is 2. The van der Waals surface area contributed by atoms with Crippen LogP contribution < -0.4 is 5.32 Å². The molecule has 1 aliphatic rings. The Labute approximate surface area is 109 Å². The zero-order valence-corrected chi connectivity index (χ0v) is 11.5. The lowest BCUT2D eigenvalue weighted by molar-refractivity contribution is 0.254. The Balaban J connectivity index is 2.13. The SMILES string of the molecule is Cc1nc(C)c(C)c(NC2CCCC2CCO)n1. The minimum Gasteiger partial charge on any atom is -0.396 e. The van der Waals surface area contributed by atoms with Gasteiger partial charge in [0, 0.05) is 23.9 Å². The molecule has 0 aliphatic heterocycles. The number of aliphatic hydroxyl groups excluding tert-OH is 1. The summed E-state index contributed by atoms with van der Waals surface area (Å²) >= 11 is 0. The highest BCUT2D eigenvalue weighted by Gasteiger charge is 2.27. The second-order valence-corrected chi connectivity index (χ2v) is 5.28. The summed E-state index contributed by atoms with van der Waals surface area (Å²) in [6, 6.07) is 0.449. The van der Waals surface area contributed by atoms with E-state index in [1.165, 1.54) is 19.3 Å². The molecule has 0 bridgehead atoms. The van der Waals surface area contributed by atoms with Crippen molar-refractivity contribution in [2.45, 2.75) is 52.5 Å². The standard InChI is InChI=1S/C14H23N3O/c1-9-10(2)15-11(3)16-14(9)17-13-6-4-5-12(13)7-8-18/h12-13,18H,4-8H2,1-3H3,(H,15,16,17). The van der Waals surface area contributed by atoms with Gasteiger partial charge in [0.2, 0.25) is 0 Å². The summed E-state index contributed by atoms with van der Waals surface area (Å²) in [5, 5.41) is 12.7. The van der Waals surface area contributed by atoms with Crippen LogP contribution in [0.25, 0.3) is 0 Å². The highest BCUT2D eigenvalue weighted by molar-refractivity contribution is 5.46. The van der Waals surface area contributed by atoms with Crippen molar-refractivity contribution in [1.82, 2.24) is 9.97 Å². The van der Waals surface area contributed by atoms with Crippen molar-refractivity contribution in [3.8, 4) is 0 Å². The van der Waals surface area contributed by atoms with Gasteiger partial charge < -0.3 is 10.4 Å². The smallest absolute Gasteiger partial charge is 0.133 e. The van der Waals surface area contributed by atoms with Crippen molar-refractivity contribution in [3.05, 3.63) is 17.1 Å². The van der Waals surface area contributed by atoms with Gasteiger partial charge in [-0.05, 0) is 46.0 Å². The fourth-order valence-corrected chi connectivity index (χ4v) is 2.82. The topological polar surface area (TPSA) is 58.0 Å². The first-order chi connectivity index (χ1) is 8.61. The molecule has 0 amide bonds. The van der Waals surface area contributed by atoms with Crippen LogP contribution in [0.1, 0.15) is 42.8 Å². The van der Waals surface area contributed by atoms with Crippen LogP contribution in [0.5, 0.6) is 0 Å². The number of nitrogens with one attached hydrogen (secondary N) is 1. The molecule has 1 fully saturated rings. The summed E-state index contributed by atoms with van der Waals surface area (Å²) in [5.41, 5.74) is 2.18. The highest BCUT2D eigenvalue weighted by atomic mass is 16.3. The summed E-state index contributed by atoms with van der Waals surface area (Å²) in [7, 11) is 0. The van der Waals surface area contributed by atoms with E-state index in [1.807, 2.05) is 13.8 Å². The van der Waals surface area contributed by atoms with Gasteiger partial charge in [0.05, 0.1) is 0 Å². The molecule has 1 saturated carbocycles. The lowest BCUT2D eigenvalue weighted by Crippen LogP contribution is -2.26. The highest BCUT2D eigenvalue weighted by Crippen LogP contribution is 2.31. The number of aliphatic hydroxyl groups is 1. The van der Waals surface area contributed by atoms with Crippen molar-refractivity contribution in [2.75, 3.05) is 11.9 Å². The molecule has 2 atom stereocenters. The van der Waals surface area contributed by atoms with Crippen LogP contribution in [0, 0.1) is 26.7 Å². The number of anilines is 1. The van der Waals surface area contributed by atoms with E-state index in [4.69, 9.17) is 5.11 Å². The van der Waals surface area contributed by atoms with E-state index < -0.39 is 0 Å². The molecular weight excluding hydrogens is 226 g/mol. The molecule has 0 spiro atoms. The third-order valence-corrected chi connectivity index (χ3v) is 3.98. The summed E-state index contributed by atoms with van der Waals surface area (Å²) in [5.74, 6) is 2.36. The van der Waals surface area contributed by atoms with E-state index in [2.05, 4.69) is 22.2 Å². The van der Waals surface area contributed by atoms with E-state index in [0.29, 0.717) is 12.0 Å². The van der Waals surface area contributed by atoms with Crippen LogP contribution in [0.3, 0.4) is 0 Å². The van der Waals surface area contributed by atoms with E-state index in [-0.39, 0.29) is 6.61 Å². The zero-order valence-electron chi connectivity index (χ0n) is 11.5. The summed E-state index contributed by atoms with van der Waals surface area (Å²) in [4.78, 5) is 8.88. The Bertz CT molecular complexity index is 420. The molecule has 100 valence electrons. The van der Waals surface area contributed by atoms with E-state index >= 15 is 0 Å². The average Bonchev–Trinajstić information content (AvgIpc) is 2.73. The molecule has 1 heterocycles. The van der Waals surface area contributed by atoms with Crippen molar-refractivity contribution >= 4 is 5.82 Å². The van der Waals surface area contributed by atoms with Gasteiger partial charge in [-0.1, -0.05) is 6.42 Å². The number of hydrogen-bond donors (Lipinski definition) is 2. The average molecular weight is 249 g/mol. The van der Waals surface area contributed by atoms with E-state index in [0.717, 1.165) is 29.3 Å². The third-order valence-electron chi connectivity index (χ3n) is 3.98. The number of aryl methyl sites for hydroxylation is 2. The zero-order chi connectivity index (χ0) is 13.1. The van der Waals surface area contributed by atoms with E-state index in [1.54, 1.807) is 0 Å². The molecule has 18 heavy (non-hydrogen) atoms. The summed E-state index contributed by atoms with van der Waals surface area (Å²) in [6.07, 6.45) is 4.51. The Hall–Kier alpha value is -1.16. The van der Waals surface area contributed by atoms with Crippen molar-refractivity contribution in [2.24, 2.45) is 5.92 Å². The number of rotatable bonds is 4. The van der Waals surface area contributed by atoms with Gasteiger partial charge >= 0.3 is 0 Å². The molecule has 1 aliphatic carbocycles. The molecule has 1 aromatic heterocycles. The molecule has 2 rings (SSSR count). The minimum absolute atomic E-state index is 0.281. The van der Waals surface area contributed by atoms with Crippen LogP contribution in [-0.4, -0.2) is 27.7 Å². The second-order valence-electron chi connectivity index (χ2n) is 5.28. The van der Waals surface area contributed by atoms with Gasteiger partial charge in [0.1, 0.15) is 11.6 Å². The molecular formula is C14H23N3O. The maximum atomic E-state index is 9.10. The Morgan fingerprint density at radius 3 is 2.72 bits per heavy atom. The van der Waals surface area contributed by atoms with Gasteiger partial charge in [-0.3, -0.25) is 0 Å². The van der Waals surface area contributed by atoms with E-state index in [9.17, 15) is 0 Å². The fraction of sp³-hybridized carbons (Fsp3) is 0.714. The second kappa shape index (κ2) is 5.65. The maximum Gasteiger partial charge on any atom is 0.133 e. The molecule has 1 aromatic rings. The first-order valence-electron chi connectivity index (χ1n) is 6.81. The minimum atomic E-state index is 0.281. The Kier molecular flexibility index (Phi) is 4.17. The van der Waals surface area contributed by atoms with Crippen LogP contribution in [0.4, 0.5) is 5.82 Å². The fourth-order valence-electron chi connectivity index (χ4n) is 2.82. The van der Waals surface area contributed by atoms with Gasteiger partial charge in [-0.2, -0.15) is 0 Å². The normalized spacial score (nSPS) is 23.3. The van der Waals surface area contributed by atoms with Crippen LogP contribution >= 0.6 is 0 Å². The lowest BCUT2D eigenvalue weighted by Gasteiger charge is -2.22. The first kappa shape index (κ1) is 13.3. The van der Waals surface area contributed by atoms with Crippen LogP contribution in [-0.2, 0) is 0 Å². The van der Waals surface area contributed by atoms with Gasteiger partial charge in [-0.15, -0.1) is 0 Å². The maximum absolute atomic E-state index is 9.10. The summed E-state index contributed by atoms with van der Waals surface area (Å²) < 4.78 is 0. The predicted molar refractivity (Wildman–Crippen MR) is 72.7 cm³/mol. The Morgan fingerprint density at radius 2 is 2.00 bits per heavy atom. The third kappa shape index (κ3) is 2.80. The number of nitrogens with zero attached hydrogens (tertiary/aromatic N) is 2. The van der Waals surface area contributed by atoms with Gasteiger partial charge in [0.15, 0.2) is 0 Å². The van der Waals surface area contributed by atoms with Crippen molar-refractivity contribution in [1.29, 1.82) is 0 Å². The van der Waals surface area contributed by atoms with Crippen molar-refractivity contribution < 1.29 is 5.11 Å². The molecule has 2 N–H and O–H groups in total. The Morgan fingerprint density at radius 1 is 1.22 bits per heavy atom. The monoisotopic (exact) mass is 249 g/mol. The van der Waals surface area contributed by atoms with Gasteiger partial charge in [0.25, 0.3) is 0 Å². The van der Waals surface area contributed by atoms with Crippen LogP contribution in [0.2, 0.25) is 0 Å². The molecule has 2 unspecified atom stereocenters. The molecule has 0 aromatic carbocycles. The van der Waals surface area contributed by atoms with Gasteiger partial charge in [-0.25, -0.2) is 9.97 Å². The predicted octanol–water partition coefficient (Wildman–Crippen LogP) is 2.36. The van der Waals surface area contributed by atoms with Crippen molar-refractivity contribution in [3.63, 3.8) is 0 Å². The quantitative estimate of drug-likeness (QED) is 0.860.